The number of likely N-dealkylation sites (tertiary alicyclic amines) is 1. The number of thioether (sulfide) groups is 1. The van der Waals surface area contributed by atoms with Crippen molar-refractivity contribution < 1.29 is 22.7 Å². The standard InChI is InChI=1S/C10H16F3NO2S/c1-9(2,3)16-8(15)14-4-7(5-14)6-17-10(11,12)13/h7H,4-6H2,1-3H3. The molecule has 1 saturated heterocycles. The molecule has 1 fully saturated rings. The van der Waals surface area contributed by atoms with Crippen LogP contribution in [0.15, 0.2) is 0 Å². The smallest absolute Gasteiger partial charge is 0.441 e. The van der Waals surface area contributed by atoms with E-state index in [9.17, 15) is 18.0 Å². The van der Waals surface area contributed by atoms with Crippen LogP contribution in [0.3, 0.4) is 0 Å². The molecule has 1 amide bonds. The summed E-state index contributed by atoms with van der Waals surface area (Å²) in [6.45, 7) is 5.95. The Labute approximate surface area is 103 Å². The summed E-state index contributed by atoms with van der Waals surface area (Å²) in [6, 6.07) is 0. The van der Waals surface area contributed by atoms with Gasteiger partial charge in [0.2, 0.25) is 0 Å². The number of nitrogens with zero attached hydrogens (tertiary/aromatic N) is 1. The molecule has 1 aliphatic heterocycles. The molecular weight excluding hydrogens is 255 g/mol. The van der Waals surface area contributed by atoms with Crippen LogP contribution in [0.25, 0.3) is 0 Å². The second-order valence-corrected chi connectivity index (χ2v) is 6.09. The second-order valence-electron chi connectivity index (χ2n) is 5.01. The highest BCUT2D eigenvalue weighted by molar-refractivity contribution is 8.00. The third-order valence-corrected chi connectivity index (χ3v) is 3.06. The highest BCUT2D eigenvalue weighted by Gasteiger charge is 2.37. The highest BCUT2D eigenvalue weighted by atomic mass is 32.2. The Bertz CT molecular complexity index is 282. The van der Waals surface area contributed by atoms with Gasteiger partial charge in [0.15, 0.2) is 0 Å². The fraction of sp³-hybridized carbons (Fsp3) is 0.900. The van der Waals surface area contributed by atoms with Crippen LogP contribution in [0.5, 0.6) is 0 Å². The molecule has 1 heterocycles. The lowest BCUT2D eigenvalue weighted by molar-refractivity contribution is -0.0335. The van der Waals surface area contributed by atoms with Gasteiger partial charge in [-0.15, -0.1) is 0 Å². The molecule has 0 atom stereocenters. The van der Waals surface area contributed by atoms with Crippen LogP contribution in [-0.2, 0) is 4.74 Å². The average Bonchev–Trinajstić information content (AvgIpc) is 1.94. The third kappa shape index (κ3) is 5.52. The van der Waals surface area contributed by atoms with Gasteiger partial charge in [-0.1, -0.05) is 11.8 Å². The molecule has 0 bridgehead atoms. The Morgan fingerprint density at radius 3 is 2.29 bits per heavy atom. The lowest BCUT2D eigenvalue weighted by Crippen LogP contribution is -2.52. The topological polar surface area (TPSA) is 29.5 Å². The largest absolute Gasteiger partial charge is 0.444 e. The van der Waals surface area contributed by atoms with E-state index in [1.807, 2.05) is 0 Å². The van der Waals surface area contributed by atoms with E-state index >= 15 is 0 Å². The van der Waals surface area contributed by atoms with Gasteiger partial charge in [-0.25, -0.2) is 4.79 Å². The van der Waals surface area contributed by atoms with Crippen molar-refractivity contribution in [1.29, 1.82) is 0 Å². The van der Waals surface area contributed by atoms with E-state index in [1.54, 1.807) is 20.8 Å². The average molecular weight is 271 g/mol. The van der Waals surface area contributed by atoms with Crippen LogP contribution in [0.4, 0.5) is 18.0 Å². The van der Waals surface area contributed by atoms with Gasteiger partial charge in [-0.3, -0.25) is 0 Å². The summed E-state index contributed by atoms with van der Waals surface area (Å²) in [6.07, 6.45) is -0.453. The molecular formula is C10H16F3NO2S. The van der Waals surface area contributed by atoms with Gasteiger partial charge in [0.25, 0.3) is 0 Å². The molecule has 0 aliphatic carbocycles. The van der Waals surface area contributed by atoms with Crippen molar-refractivity contribution in [3.63, 3.8) is 0 Å². The van der Waals surface area contributed by atoms with Crippen molar-refractivity contribution in [3.05, 3.63) is 0 Å². The number of rotatable bonds is 2. The number of alkyl halides is 3. The third-order valence-electron chi connectivity index (χ3n) is 2.09. The number of ether oxygens (including phenoxy) is 1. The van der Waals surface area contributed by atoms with E-state index in [4.69, 9.17) is 4.74 Å². The van der Waals surface area contributed by atoms with E-state index in [0.717, 1.165) is 0 Å². The first-order valence-corrected chi connectivity index (χ1v) is 6.24. The van der Waals surface area contributed by atoms with Crippen molar-refractivity contribution in [3.8, 4) is 0 Å². The fourth-order valence-electron chi connectivity index (χ4n) is 1.36. The normalized spacial score (nSPS) is 17.9. The molecule has 0 aromatic carbocycles. The van der Waals surface area contributed by atoms with Crippen molar-refractivity contribution in [2.75, 3.05) is 18.8 Å². The van der Waals surface area contributed by atoms with Crippen molar-refractivity contribution in [1.82, 2.24) is 4.90 Å². The first-order chi connectivity index (χ1) is 7.57. The lowest BCUT2D eigenvalue weighted by atomic mass is 10.0. The molecule has 1 rings (SSSR count). The zero-order chi connectivity index (χ0) is 13.3. The van der Waals surface area contributed by atoms with Gasteiger partial charge in [0.1, 0.15) is 5.60 Å². The molecule has 0 aromatic rings. The molecule has 1 aliphatic rings. The number of hydrogen-bond acceptors (Lipinski definition) is 3. The molecule has 0 N–H and O–H groups in total. The van der Waals surface area contributed by atoms with Crippen molar-refractivity contribution >= 4 is 17.9 Å². The van der Waals surface area contributed by atoms with Crippen molar-refractivity contribution in [2.24, 2.45) is 5.92 Å². The predicted octanol–water partition coefficient (Wildman–Crippen LogP) is 3.11. The summed E-state index contributed by atoms with van der Waals surface area (Å²) in [5.74, 6) is -0.0860. The Morgan fingerprint density at radius 1 is 1.35 bits per heavy atom. The Balaban J connectivity index is 2.21. The van der Waals surface area contributed by atoms with Gasteiger partial charge in [0, 0.05) is 24.8 Å². The van der Waals surface area contributed by atoms with E-state index < -0.39 is 17.2 Å². The Hall–Kier alpha value is -0.590. The zero-order valence-corrected chi connectivity index (χ0v) is 10.8. The van der Waals surface area contributed by atoms with E-state index in [-0.39, 0.29) is 23.4 Å². The van der Waals surface area contributed by atoms with Gasteiger partial charge in [0.05, 0.1) is 0 Å². The van der Waals surface area contributed by atoms with Crippen LogP contribution >= 0.6 is 11.8 Å². The zero-order valence-electron chi connectivity index (χ0n) is 10.0. The first-order valence-electron chi connectivity index (χ1n) is 5.25. The molecule has 100 valence electrons. The molecule has 0 saturated carbocycles. The number of hydrogen-bond donors (Lipinski definition) is 0. The number of amides is 1. The molecule has 17 heavy (non-hydrogen) atoms. The molecule has 3 nitrogen and oxygen atoms in total. The molecule has 0 unspecified atom stereocenters. The van der Waals surface area contributed by atoms with Crippen LogP contribution in [0.2, 0.25) is 0 Å². The SMILES string of the molecule is CC(C)(C)OC(=O)N1CC(CSC(F)(F)F)C1. The van der Waals surface area contributed by atoms with Crippen LogP contribution in [-0.4, -0.2) is 40.9 Å². The van der Waals surface area contributed by atoms with Crippen LogP contribution in [0.1, 0.15) is 20.8 Å². The fourth-order valence-corrected chi connectivity index (χ4v) is 2.00. The lowest BCUT2D eigenvalue weighted by Gasteiger charge is -2.39. The summed E-state index contributed by atoms with van der Waals surface area (Å²) in [7, 11) is 0. The first kappa shape index (κ1) is 14.5. The van der Waals surface area contributed by atoms with Crippen LogP contribution < -0.4 is 0 Å². The summed E-state index contributed by atoms with van der Waals surface area (Å²) in [4.78, 5) is 12.9. The maximum atomic E-state index is 11.9. The maximum absolute atomic E-state index is 11.9. The quantitative estimate of drug-likeness (QED) is 0.773. The Kier molecular flexibility index (Phi) is 4.22. The molecule has 0 spiro atoms. The van der Waals surface area contributed by atoms with Crippen molar-refractivity contribution in [2.45, 2.75) is 31.9 Å². The number of halogens is 3. The number of carbonyl (C=O) groups is 1. The van der Waals surface area contributed by atoms with Gasteiger partial charge in [-0.2, -0.15) is 13.2 Å². The van der Waals surface area contributed by atoms with Gasteiger partial charge >= 0.3 is 11.6 Å². The minimum Gasteiger partial charge on any atom is -0.444 e. The summed E-state index contributed by atoms with van der Waals surface area (Å²) in [5, 5.41) is 0. The van der Waals surface area contributed by atoms with Gasteiger partial charge < -0.3 is 9.64 Å². The Morgan fingerprint density at radius 2 is 1.88 bits per heavy atom. The molecule has 0 radical (unpaired) electrons. The second kappa shape index (κ2) is 4.96. The summed E-state index contributed by atoms with van der Waals surface area (Å²) >= 11 is -0.0344. The van der Waals surface area contributed by atoms with E-state index in [1.165, 1.54) is 4.90 Å². The molecule has 0 aromatic heterocycles. The van der Waals surface area contributed by atoms with Gasteiger partial charge in [-0.05, 0) is 20.8 Å². The van der Waals surface area contributed by atoms with E-state index in [2.05, 4.69) is 0 Å². The highest BCUT2D eigenvalue weighted by Crippen LogP contribution is 2.34. The maximum Gasteiger partial charge on any atom is 0.441 e. The molecule has 7 heteroatoms. The summed E-state index contributed by atoms with van der Waals surface area (Å²) in [5.41, 5.74) is -4.75. The predicted molar refractivity (Wildman–Crippen MR) is 59.8 cm³/mol. The minimum absolute atomic E-state index is 0.00278. The monoisotopic (exact) mass is 271 g/mol. The van der Waals surface area contributed by atoms with E-state index in [0.29, 0.717) is 13.1 Å². The van der Waals surface area contributed by atoms with Crippen LogP contribution in [0, 0.1) is 5.92 Å². The summed E-state index contributed by atoms with van der Waals surface area (Å²) < 4.78 is 40.8. The minimum atomic E-state index is -4.19. The number of carbonyl (C=O) groups excluding carboxylic acids is 1.